The van der Waals surface area contributed by atoms with Crippen LogP contribution in [-0.4, -0.2) is 60.6 Å². The average Bonchev–Trinajstić information content (AvgIpc) is 3.31. The Morgan fingerprint density at radius 2 is 2.25 bits per heavy atom. The smallest absolute Gasteiger partial charge is 0.408 e. The number of ether oxygens (including phenoxy) is 2. The van der Waals surface area contributed by atoms with E-state index in [2.05, 4.69) is 15.0 Å². The number of halogens is 3. The molecule has 0 radical (unpaired) electrons. The summed E-state index contributed by atoms with van der Waals surface area (Å²) in [5.41, 5.74) is -0.473. The van der Waals surface area contributed by atoms with Crippen molar-refractivity contribution in [1.29, 1.82) is 0 Å². The van der Waals surface area contributed by atoms with E-state index in [4.69, 9.17) is 4.74 Å². The minimum absolute atomic E-state index is 0.0136. The van der Waals surface area contributed by atoms with Crippen LogP contribution >= 0.6 is 0 Å². The standard InChI is InChI=1S/C17H21F3N4O4/c1-27-15(26)7-24-12(17(18,19)20)2-3-23-14(25)5-13(22-16(23)24)21-6-11-10-4-9(10)8-28-11/h5,9-12,21H,2-4,6-8H2,1H3/t9?,10?,11-,12+/m1/s1. The van der Waals surface area contributed by atoms with E-state index in [0.29, 0.717) is 18.4 Å². The Labute approximate surface area is 158 Å². The van der Waals surface area contributed by atoms with Gasteiger partial charge in [0.15, 0.2) is 0 Å². The van der Waals surface area contributed by atoms with Crippen molar-refractivity contribution in [2.24, 2.45) is 11.8 Å². The lowest BCUT2D eigenvalue weighted by Gasteiger charge is -2.38. The van der Waals surface area contributed by atoms with Gasteiger partial charge in [-0.2, -0.15) is 18.2 Å². The Morgan fingerprint density at radius 1 is 1.46 bits per heavy atom. The molecule has 3 heterocycles. The molecule has 0 aromatic carbocycles. The van der Waals surface area contributed by atoms with Gasteiger partial charge < -0.3 is 19.7 Å². The lowest BCUT2D eigenvalue weighted by Crippen LogP contribution is -2.54. The maximum atomic E-state index is 13.5. The molecule has 0 amide bonds. The van der Waals surface area contributed by atoms with Gasteiger partial charge in [0.1, 0.15) is 18.4 Å². The number of nitrogens with zero attached hydrogens (tertiary/aromatic N) is 3. The Morgan fingerprint density at radius 3 is 2.86 bits per heavy atom. The lowest BCUT2D eigenvalue weighted by molar-refractivity contribution is -0.155. The van der Waals surface area contributed by atoms with Gasteiger partial charge >= 0.3 is 12.1 Å². The Bertz CT molecular complexity index is 828. The first kappa shape index (κ1) is 19.0. The predicted octanol–water partition coefficient (Wildman–Crippen LogP) is 1.00. The largest absolute Gasteiger partial charge is 0.468 e. The molecule has 3 aliphatic rings. The second kappa shape index (κ2) is 6.94. The minimum Gasteiger partial charge on any atom is -0.468 e. The molecule has 1 aliphatic carbocycles. The first-order valence-corrected chi connectivity index (χ1v) is 9.15. The summed E-state index contributed by atoms with van der Waals surface area (Å²) < 4.78 is 51.8. The molecule has 154 valence electrons. The second-order valence-corrected chi connectivity index (χ2v) is 7.39. The molecule has 1 saturated carbocycles. The molecule has 0 spiro atoms. The molecular weight excluding hydrogens is 381 g/mol. The SMILES string of the molecule is COC(=O)CN1c2nc(NC[C@H]3OCC4CC43)cc(=O)n2CC[C@H]1C(F)(F)F. The molecule has 0 bridgehead atoms. The molecule has 1 saturated heterocycles. The quantitative estimate of drug-likeness (QED) is 0.736. The fourth-order valence-corrected chi connectivity index (χ4v) is 3.99. The van der Waals surface area contributed by atoms with E-state index < -0.39 is 30.3 Å². The normalized spacial score (nSPS) is 28.5. The number of hydrogen-bond donors (Lipinski definition) is 1. The number of carbonyl (C=O) groups is 1. The Balaban J connectivity index is 1.60. The summed E-state index contributed by atoms with van der Waals surface area (Å²) in [4.78, 5) is 29.1. The number of methoxy groups -OCH3 is 1. The first-order valence-electron chi connectivity index (χ1n) is 9.15. The van der Waals surface area contributed by atoms with Crippen molar-refractivity contribution in [2.75, 3.05) is 37.0 Å². The van der Waals surface area contributed by atoms with E-state index in [1.54, 1.807) is 0 Å². The van der Waals surface area contributed by atoms with Gasteiger partial charge in [0.05, 0.1) is 19.8 Å². The molecule has 1 N–H and O–H groups in total. The fraction of sp³-hybridized carbons (Fsp3) is 0.706. The topological polar surface area (TPSA) is 85.7 Å². The highest BCUT2D eigenvalue weighted by atomic mass is 19.4. The summed E-state index contributed by atoms with van der Waals surface area (Å²) >= 11 is 0. The van der Waals surface area contributed by atoms with E-state index >= 15 is 0 Å². The van der Waals surface area contributed by atoms with Crippen molar-refractivity contribution in [2.45, 2.75) is 37.7 Å². The number of aromatic nitrogens is 2. The molecule has 28 heavy (non-hydrogen) atoms. The van der Waals surface area contributed by atoms with Crippen LogP contribution in [0.2, 0.25) is 0 Å². The molecule has 2 fully saturated rings. The van der Waals surface area contributed by atoms with Crippen LogP contribution in [0.25, 0.3) is 0 Å². The van der Waals surface area contributed by atoms with Crippen molar-refractivity contribution in [1.82, 2.24) is 9.55 Å². The first-order chi connectivity index (χ1) is 13.3. The van der Waals surface area contributed by atoms with Crippen LogP contribution in [0.15, 0.2) is 10.9 Å². The van der Waals surface area contributed by atoms with Gasteiger partial charge in [-0.25, -0.2) is 0 Å². The van der Waals surface area contributed by atoms with Crippen LogP contribution in [0.4, 0.5) is 24.9 Å². The summed E-state index contributed by atoms with van der Waals surface area (Å²) in [5.74, 6) is 0.232. The van der Waals surface area contributed by atoms with Crippen LogP contribution in [0.1, 0.15) is 12.8 Å². The number of hydrogen-bond acceptors (Lipinski definition) is 7. The summed E-state index contributed by atoms with van der Waals surface area (Å²) in [6.07, 6.45) is -3.79. The van der Waals surface area contributed by atoms with Crippen molar-refractivity contribution in [3.05, 3.63) is 16.4 Å². The molecule has 2 unspecified atom stereocenters. The number of anilines is 2. The van der Waals surface area contributed by atoms with Crippen molar-refractivity contribution in [3.8, 4) is 0 Å². The molecular formula is C17H21F3N4O4. The Hall–Kier alpha value is -2.30. The van der Waals surface area contributed by atoms with Gasteiger partial charge in [0.2, 0.25) is 5.95 Å². The summed E-state index contributed by atoms with van der Waals surface area (Å²) in [6.45, 7) is 0.374. The number of carbonyl (C=O) groups excluding carboxylic acids is 1. The van der Waals surface area contributed by atoms with Crippen LogP contribution in [-0.2, 0) is 20.8 Å². The van der Waals surface area contributed by atoms with Gasteiger partial charge in [0, 0.05) is 19.2 Å². The number of esters is 1. The zero-order chi connectivity index (χ0) is 20.1. The van der Waals surface area contributed by atoms with Crippen LogP contribution in [0.3, 0.4) is 0 Å². The maximum absolute atomic E-state index is 13.5. The van der Waals surface area contributed by atoms with Gasteiger partial charge in [-0.15, -0.1) is 0 Å². The Kier molecular flexibility index (Phi) is 4.72. The highest BCUT2D eigenvalue weighted by molar-refractivity contribution is 5.75. The minimum atomic E-state index is -4.57. The zero-order valence-corrected chi connectivity index (χ0v) is 15.2. The van der Waals surface area contributed by atoms with Crippen LogP contribution in [0, 0.1) is 11.8 Å². The molecule has 1 aromatic rings. The summed E-state index contributed by atoms with van der Waals surface area (Å²) in [5, 5.41) is 3.00. The highest BCUT2D eigenvalue weighted by Gasteiger charge is 2.49. The third kappa shape index (κ3) is 3.54. The van der Waals surface area contributed by atoms with E-state index in [-0.39, 0.29) is 30.8 Å². The predicted molar refractivity (Wildman–Crippen MR) is 92.1 cm³/mol. The van der Waals surface area contributed by atoms with Gasteiger partial charge in [-0.1, -0.05) is 0 Å². The van der Waals surface area contributed by atoms with E-state index in [1.165, 1.54) is 6.07 Å². The monoisotopic (exact) mass is 402 g/mol. The molecule has 4 atom stereocenters. The molecule has 11 heteroatoms. The number of alkyl halides is 3. The van der Waals surface area contributed by atoms with Crippen molar-refractivity contribution < 1.29 is 27.4 Å². The van der Waals surface area contributed by atoms with Gasteiger partial charge in [-0.05, 0) is 24.7 Å². The van der Waals surface area contributed by atoms with E-state index in [9.17, 15) is 22.8 Å². The molecule has 4 rings (SSSR count). The maximum Gasteiger partial charge on any atom is 0.408 e. The van der Waals surface area contributed by atoms with Gasteiger partial charge in [0.25, 0.3) is 5.56 Å². The van der Waals surface area contributed by atoms with Crippen LogP contribution in [0.5, 0.6) is 0 Å². The number of fused-ring (bicyclic) bond motifs is 2. The van der Waals surface area contributed by atoms with Crippen molar-refractivity contribution >= 4 is 17.7 Å². The highest BCUT2D eigenvalue weighted by Crippen LogP contribution is 2.47. The number of nitrogens with one attached hydrogen (secondary N) is 1. The summed E-state index contributed by atoms with van der Waals surface area (Å²) in [6, 6.07) is -0.660. The van der Waals surface area contributed by atoms with Crippen LogP contribution < -0.4 is 15.8 Å². The average molecular weight is 402 g/mol. The second-order valence-electron chi connectivity index (χ2n) is 7.39. The lowest BCUT2D eigenvalue weighted by atomic mass is 10.1. The molecule has 1 aromatic heterocycles. The third-order valence-electron chi connectivity index (χ3n) is 5.62. The van der Waals surface area contributed by atoms with Crippen molar-refractivity contribution in [3.63, 3.8) is 0 Å². The summed E-state index contributed by atoms with van der Waals surface area (Å²) in [7, 11) is 1.10. The fourth-order valence-electron chi connectivity index (χ4n) is 3.99. The number of rotatable bonds is 5. The van der Waals surface area contributed by atoms with E-state index in [1.807, 2.05) is 0 Å². The molecule has 8 nitrogen and oxygen atoms in total. The third-order valence-corrected chi connectivity index (χ3v) is 5.62. The molecule has 2 aliphatic heterocycles. The zero-order valence-electron chi connectivity index (χ0n) is 15.2. The van der Waals surface area contributed by atoms with E-state index in [0.717, 1.165) is 29.6 Å². The van der Waals surface area contributed by atoms with Gasteiger partial charge in [-0.3, -0.25) is 14.2 Å².